The summed E-state index contributed by atoms with van der Waals surface area (Å²) >= 11 is 0. The fraction of sp³-hybridized carbons (Fsp3) is 0.692. The van der Waals surface area contributed by atoms with Crippen LogP contribution in [0, 0.1) is 35.5 Å². The highest BCUT2D eigenvalue weighted by Crippen LogP contribution is 2.60. The predicted octanol–water partition coefficient (Wildman–Crippen LogP) is 0.116. The summed E-state index contributed by atoms with van der Waals surface area (Å²) in [6.07, 6.45) is 1.51. The van der Waals surface area contributed by atoms with Gasteiger partial charge in [-0.2, -0.15) is 0 Å². The summed E-state index contributed by atoms with van der Waals surface area (Å²) in [6.45, 7) is 0. The summed E-state index contributed by atoms with van der Waals surface area (Å²) in [5, 5.41) is 0. The van der Waals surface area contributed by atoms with Gasteiger partial charge in [0.15, 0.2) is 0 Å². The molecule has 5 rings (SSSR count). The fourth-order valence-corrected chi connectivity index (χ4v) is 4.78. The van der Waals surface area contributed by atoms with Crippen molar-refractivity contribution >= 4 is 23.5 Å². The van der Waals surface area contributed by atoms with Crippen LogP contribution in [0.5, 0.6) is 0 Å². The van der Waals surface area contributed by atoms with E-state index < -0.39 is 23.8 Å². The maximum atomic E-state index is 11.9. The largest absolute Gasteiger partial charge is 0.393 e. The fourth-order valence-electron chi connectivity index (χ4n) is 4.78. The van der Waals surface area contributed by atoms with E-state index in [0.717, 1.165) is 12.8 Å². The zero-order valence-corrected chi connectivity index (χ0v) is 9.63. The number of fused-ring (bicyclic) bond motifs is 1. The van der Waals surface area contributed by atoms with Gasteiger partial charge >= 0.3 is 11.9 Å². The molecule has 5 nitrogen and oxygen atoms in total. The van der Waals surface area contributed by atoms with Gasteiger partial charge in [0.25, 0.3) is 0 Å². The number of Topliss-reactive ketones (excluding diaryl/α,β-unsaturated/α-hetero) is 2. The molecule has 1 heterocycles. The topological polar surface area (TPSA) is 77.5 Å². The third kappa shape index (κ3) is 0.993. The van der Waals surface area contributed by atoms with Gasteiger partial charge in [-0.3, -0.25) is 19.2 Å². The molecule has 0 radical (unpaired) electrons. The Morgan fingerprint density at radius 2 is 1.17 bits per heavy atom. The van der Waals surface area contributed by atoms with Crippen molar-refractivity contribution in [2.75, 3.05) is 0 Å². The Morgan fingerprint density at radius 3 is 1.61 bits per heavy atom. The van der Waals surface area contributed by atoms with E-state index in [-0.39, 0.29) is 41.7 Å². The smallest absolute Gasteiger partial charge is 0.317 e. The molecule has 0 spiro atoms. The Labute approximate surface area is 103 Å². The van der Waals surface area contributed by atoms with Crippen LogP contribution in [-0.4, -0.2) is 23.5 Å². The van der Waals surface area contributed by atoms with Crippen LogP contribution >= 0.6 is 0 Å². The number of rotatable bonds is 0. The molecule has 4 aliphatic carbocycles. The van der Waals surface area contributed by atoms with Crippen LogP contribution in [0.1, 0.15) is 19.3 Å². The molecule has 4 saturated carbocycles. The quantitative estimate of drug-likeness (QED) is 0.449. The van der Waals surface area contributed by atoms with Crippen LogP contribution in [0.3, 0.4) is 0 Å². The number of esters is 2. The van der Waals surface area contributed by atoms with Crippen molar-refractivity contribution in [3.63, 3.8) is 0 Å². The number of carbonyl (C=O) groups is 4. The Balaban J connectivity index is 1.84. The van der Waals surface area contributed by atoms with E-state index in [9.17, 15) is 19.2 Å². The Bertz CT molecular complexity index is 422. The highest BCUT2D eigenvalue weighted by Gasteiger charge is 2.67. The number of hydrogen-bond donors (Lipinski definition) is 0. The van der Waals surface area contributed by atoms with Gasteiger partial charge in [-0.25, -0.2) is 0 Å². The first-order valence-corrected chi connectivity index (χ1v) is 6.40. The van der Waals surface area contributed by atoms with Gasteiger partial charge in [0.1, 0.15) is 11.6 Å². The van der Waals surface area contributed by atoms with E-state index >= 15 is 0 Å². The molecule has 0 amide bonds. The average Bonchev–Trinajstić information content (AvgIpc) is 2.81. The van der Waals surface area contributed by atoms with Crippen LogP contribution in [0.15, 0.2) is 0 Å². The standard InChI is InChI=1S/C13H12O5/c14-6-3-7(15)9-5-2-1-4(8(6)9)10-11(5)13(17)18-12(10)16/h4-5,8-11H,1-3H2. The maximum Gasteiger partial charge on any atom is 0.317 e. The number of cyclic esters (lactones) is 2. The molecule has 1 saturated heterocycles. The van der Waals surface area contributed by atoms with Crippen LogP contribution in [-0.2, 0) is 23.9 Å². The van der Waals surface area contributed by atoms with E-state index in [4.69, 9.17) is 4.74 Å². The third-order valence-corrected chi connectivity index (χ3v) is 5.29. The van der Waals surface area contributed by atoms with Crippen molar-refractivity contribution in [1.29, 1.82) is 0 Å². The van der Waals surface area contributed by atoms with Crippen molar-refractivity contribution in [2.45, 2.75) is 19.3 Å². The maximum absolute atomic E-state index is 11.9. The van der Waals surface area contributed by atoms with Crippen LogP contribution in [0.2, 0.25) is 0 Å². The molecule has 0 aromatic rings. The van der Waals surface area contributed by atoms with Crippen LogP contribution < -0.4 is 0 Å². The van der Waals surface area contributed by atoms with Crippen molar-refractivity contribution in [3.05, 3.63) is 0 Å². The van der Waals surface area contributed by atoms with Gasteiger partial charge in [0.05, 0.1) is 18.3 Å². The molecule has 0 N–H and O–H groups in total. The van der Waals surface area contributed by atoms with Gasteiger partial charge in [0, 0.05) is 11.8 Å². The first-order chi connectivity index (χ1) is 8.59. The van der Waals surface area contributed by atoms with Crippen LogP contribution in [0.25, 0.3) is 0 Å². The summed E-state index contributed by atoms with van der Waals surface area (Å²) in [4.78, 5) is 47.3. The van der Waals surface area contributed by atoms with Crippen LogP contribution in [0.4, 0.5) is 0 Å². The molecule has 94 valence electrons. The molecule has 5 heteroatoms. The molecule has 6 unspecified atom stereocenters. The van der Waals surface area contributed by atoms with Gasteiger partial charge in [0.2, 0.25) is 0 Å². The lowest BCUT2D eigenvalue weighted by Gasteiger charge is -2.48. The lowest BCUT2D eigenvalue weighted by Crippen LogP contribution is -2.53. The molecular weight excluding hydrogens is 236 g/mol. The SMILES string of the molecule is O=C1CC(=O)C2C3CCC(C12)C1C(=O)OC(=O)C31. The summed E-state index contributed by atoms with van der Waals surface area (Å²) < 4.78 is 4.72. The molecule has 6 atom stereocenters. The molecule has 2 bridgehead atoms. The van der Waals surface area contributed by atoms with Gasteiger partial charge in [-0.05, 0) is 24.7 Å². The second-order valence-corrected chi connectivity index (χ2v) is 5.86. The summed E-state index contributed by atoms with van der Waals surface area (Å²) in [5.74, 6) is -2.91. The summed E-state index contributed by atoms with van der Waals surface area (Å²) in [5.41, 5.74) is 0. The molecule has 0 aromatic heterocycles. The molecule has 1 aliphatic heterocycles. The van der Waals surface area contributed by atoms with Gasteiger partial charge in [-0.1, -0.05) is 0 Å². The van der Waals surface area contributed by atoms with Crippen molar-refractivity contribution in [2.24, 2.45) is 35.5 Å². The second kappa shape index (κ2) is 3.08. The highest BCUT2D eigenvalue weighted by atomic mass is 16.6. The predicted molar refractivity (Wildman–Crippen MR) is 55.9 cm³/mol. The third-order valence-electron chi connectivity index (χ3n) is 5.29. The average molecular weight is 248 g/mol. The Hall–Kier alpha value is -1.52. The van der Waals surface area contributed by atoms with E-state index in [2.05, 4.69) is 0 Å². The minimum atomic E-state index is -0.481. The summed E-state index contributed by atoms with van der Waals surface area (Å²) in [7, 11) is 0. The monoisotopic (exact) mass is 248 g/mol. The molecule has 5 aliphatic rings. The van der Waals surface area contributed by atoms with E-state index in [1.54, 1.807) is 0 Å². The minimum absolute atomic E-state index is 0.00892. The summed E-state index contributed by atoms with van der Waals surface area (Å²) in [6, 6.07) is 0. The zero-order chi connectivity index (χ0) is 12.6. The lowest BCUT2D eigenvalue weighted by atomic mass is 9.51. The number of ether oxygens (including phenoxy) is 1. The number of carbonyl (C=O) groups excluding carboxylic acids is 4. The van der Waals surface area contributed by atoms with Gasteiger partial charge < -0.3 is 4.74 Å². The lowest BCUT2D eigenvalue weighted by molar-refractivity contribution is -0.154. The number of ketones is 2. The molecule has 5 fully saturated rings. The highest BCUT2D eigenvalue weighted by molar-refractivity contribution is 6.10. The molecule has 0 aromatic carbocycles. The van der Waals surface area contributed by atoms with E-state index in [1.807, 2.05) is 0 Å². The van der Waals surface area contributed by atoms with Crippen molar-refractivity contribution in [3.8, 4) is 0 Å². The Morgan fingerprint density at radius 1 is 0.722 bits per heavy atom. The van der Waals surface area contributed by atoms with E-state index in [0.29, 0.717) is 0 Å². The number of hydrogen-bond acceptors (Lipinski definition) is 5. The van der Waals surface area contributed by atoms with Crippen molar-refractivity contribution < 1.29 is 23.9 Å². The zero-order valence-electron chi connectivity index (χ0n) is 9.63. The van der Waals surface area contributed by atoms with Gasteiger partial charge in [-0.15, -0.1) is 0 Å². The van der Waals surface area contributed by atoms with E-state index in [1.165, 1.54) is 0 Å². The Kier molecular flexibility index (Phi) is 1.78. The second-order valence-electron chi connectivity index (χ2n) is 5.86. The molecule has 18 heavy (non-hydrogen) atoms. The normalized spacial score (nSPS) is 49.3. The first-order valence-electron chi connectivity index (χ1n) is 6.40. The minimum Gasteiger partial charge on any atom is -0.393 e. The first kappa shape index (κ1) is 10.4. The van der Waals surface area contributed by atoms with Crippen molar-refractivity contribution in [1.82, 2.24) is 0 Å². The molecular formula is C13H12O5.